The number of rotatable bonds is 6. The highest BCUT2D eigenvalue weighted by Crippen LogP contribution is 2.00. The van der Waals surface area contributed by atoms with E-state index >= 15 is 0 Å². The summed E-state index contributed by atoms with van der Waals surface area (Å²) < 4.78 is 4.96. The number of aliphatic carboxylic acids is 1. The van der Waals surface area contributed by atoms with E-state index in [9.17, 15) is 9.90 Å². The van der Waals surface area contributed by atoms with Crippen molar-refractivity contribution in [2.24, 2.45) is 0 Å². The molecule has 0 aromatic heterocycles. The normalized spacial score (nSPS) is 14.2. The number of aliphatic hydroxyl groups is 1. The van der Waals surface area contributed by atoms with Crippen molar-refractivity contribution in [3.63, 3.8) is 0 Å². The van der Waals surface area contributed by atoms with Crippen LogP contribution in [0.2, 0.25) is 0 Å². The number of ether oxygens (including phenoxy) is 1. The lowest BCUT2D eigenvalue weighted by molar-refractivity contribution is -0.132. The van der Waals surface area contributed by atoms with Crippen LogP contribution in [0.5, 0.6) is 0 Å². The predicted octanol–water partition coefficient (Wildman–Crippen LogP) is 0.805. The van der Waals surface area contributed by atoms with Gasteiger partial charge in [0.1, 0.15) is 0 Å². The van der Waals surface area contributed by atoms with Gasteiger partial charge in [0.25, 0.3) is 0 Å². The minimum Gasteiger partial charge on any atom is -0.478 e. The summed E-state index contributed by atoms with van der Waals surface area (Å²) in [6.45, 7) is 4.14. The van der Waals surface area contributed by atoms with E-state index in [-0.39, 0.29) is 12.2 Å². The maximum Gasteiger partial charge on any atom is 0.330 e. The van der Waals surface area contributed by atoms with Crippen LogP contribution < -0.4 is 0 Å². The second-order valence-electron chi connectivity index (χ2n) is 2.74. The Hall–Kier alpha value is -0.870. The van der Waals surface area contributed by atoms with Crippen LogP contribution in [0, 0.1) is 0 Å². The first-order valence-electron chi connectivity index (χ1n) is 4.23. The SMILES string of the molecule is CCOCC(O)C/C=C(\C)C(=O)O. The van der Waals surface area contributed by atoms with Crippen LogP contribution in [0.4, 0.5) is 0 Å². The van der Waals surface area contributed by atoms with Crippen LogP contribution in [0.25, 0.3) is 0 Å². The summed E-state index contributed by atoms with van der Waals surface area (Å²) in [6.07, 6.45) is 1.19. The van der Waals surface area contributed by atoms with Crippen LogP contribution in [0.15, 0.2) is 11.6 Å². The van der Waals surface area contributed by atoms with Gasteiger partial charge in [-0.05, 0) is 20.3 Å². The summed E-state index contributed by atoms with van der Waals surface area (Å²) in [7, 11) is 0. The predicted molar refractivity (Wildman–Crippen MR) is 48.5 cm³/mol. The van der Waals surface area contributed by atoms with Gasteiger partial charge in [0.2, 0.25) is 0 Å². The highest BCUT2D eigenvalue weighted by atomic mass is 16.5. The summed E-state index contributed by atoms with van der Waals surface area (Å²) in [4.78, 5) is 10.3. The fourth-order valence-corrected chi connectivity index (χ4v) is 0.722. The highest BCUT2D eigenvalue weighted by Gasteiger charge is 2.04. The molecule has 0 saturated heterocycles. The molecule has 0 heterocycles. The average molecular weight is 188 g/mol. The first-order valence-corrected chi connectivity index (χ1v) is 4.23. The lowest BCUT2D eigenvalue weighted by Gasteiger charge is -2.07. The molecular formula is C9H16O4. The molecule has 76 valence electrons. The lowest BCUT2D eigenvalue weighted by atomic mass is 10.2. The second-order valence-corrected chi connectivity index (χ2v) is 2.74. The molecule has 0 aliphatic heterocycles. The van der Waals surface area contributed by atoms with Gasteiger partial charge in [-0.15, -0.1) is 0 Å². The summed E-state index contributed by atoms with van der Waals surface area (Å²) >= 11 is 0. The van der Waals surface area contributed by atoms with Crippen molar-refractivity contribution < 1.29 is 19.7 Å². The molecule has 4 heteroatoms. The molecule has 2 N–H and O–H groups in total. The molecule has 0 saturated carbocycles. The molecule has 13 heavy (non-hydrogen) atoms. The average Bonchev–Trinajstić information content (AvgIpc) is 2.10. The van der Waals surface area contributed by atoms with Gasteiger partial charge in [-0.25, -0.2) is 4.79 Å². The molecular weight excluding hydrogens is 172 g/mol. The molecule has 0 fully saturated rings. The molecule has 0 aliphatic carbocycles. The third-order valence-electron chi connectivity index (χ3n) is 1.55. The molecule has 0 aromatic carbocycles. The van der Waals surface area contributed by atoms with Gasteiger partial charge in [-0.2, -0.15) is 0 Å². The Morgan fingerprint density at radius 3 is 2.69 bits per heavy atom. The second kappa shape index (κ2) is 6.62. The number of hydrogen-bond donors (Lipinski definition) is 2. The molecule has 0 aromatic rings. The quantitative estimate of drug-likeness (QED) is 0.605. The van der Waals surface area contributed by atoms with Crippen molar-refractivity contribution in [2.45, 2.75) is 26.4 Å². The van der Waals surface area contributed by atoms with E-state index in [2.05, 4.69) is 0 Å². The minimum atomic E-state index is -0.955. The summed E-state index contributed by atoms with van der Waals surface area (Å²) in [5.74, 6) is -0.955. The van der Waals surface area contributed by atoms with E-state index in [1.165, 1.54) is 13.0 Å². The molecule has 4 nitrogen and oxygen atoms in total. The Bertz CT molecular complexity index is 186. The standard InChI is InChI=1S/C9H16O4/c1-3-13-6-8(10)5-4-7(2)9(11)12/h4,8,10H,3,5-6H2,1-2H3,(H,11,12)/b7-4+. The first kappa shape index (κ1) is 12.1. The third kappa shape index (κ3) is 6.31. The monoisotopic (exact) mass is 188 g/mol. The van der Waals surface area contributed by atoms with E-state index in [4.69, 9.17) is 9.84 Å². The molecule has 0 aliphatic rings. The van der Waals surface area contributed by atoms with Crippen molar-refractivity contribution >= 4 is 5.97 Å². The zero-order valence-corrected chi connectivity index (χ0v) is 7.99. The Kier molecular flexibility index (Phi) is 6.18. The summed E-state index contributed by atoms with van der Waals surface area (Å²) in [6, 6.07) is 0. The summed E-state index contributed by atoms with van der Waals surface area (Å²) in [5.41, 5.74) is 0.246. The van der Waals surface area contributed by atoms with Crippen LogP contribution in [0.3, 0.4) is 0 Å². The van der Waals surface area contributed by atoms with Gasteiger partial charge in [0.05, 0.1) is 12.7 Å². The van der Waals surface area contributed by atoms with Gasteiger partial charge >= 0.3 is 5.97 Å². The van der Waals surface area contributed by atoms with Crippen molar-refractivity contribution in [3.8, 4) is 0 Å². The van der Waals surface area contributed by atoms with Gasteiger partial charge in [0.15, 0.2) is 0 Å². The number of carboxylic acid groups (broad SMARTS) is 1. The fraction of sp³-hybridized carbons (Fsp3) is 0.667. The fourth-order valence-electron chi connectivity index (χ4n) is 0.722. The number of carbonyl (C=O) groups is 1. The number of aliphatic hydroxyl groups excluding tert-OH is 1. The van der Waals surface area contributed by atoms with E-state index in [1.807, 2.05) is 6.92 Å². The largest absolute Gasteiger partial charge is 0.478 e. The van der Waals surface area contributed by atoms with Gasteiger partial charge in [-0.3, -0.25) is 0 Å². The Labute approximate surface area is 77.8 Å². The first-order chi connectivity index (χ1) is 6.07. The Morgan fingerprint density at radius 1 is 1.62 bits per heavy atom. The van der Waals surface area contributed by atoms with Gasteiger partial charge < -0.3 is 14.9 Å². The number of hydrogen-bond acceptors (Lipinski definition) is 3. The number of carboxylic acids is 1. The van der Waals surface area contributed by atoms with Crippen LogP contribution in [-0.2, 0) is 9.53 Å². The van der Waals surface area contributed by atoms with E-state index in [1.54, 1.807) is 0 Å². The van der Waals surface area contributed by atoms with Crippen molar-refractivity contribution in [1.29, 1.82) is 0 Å². The molecule has 0 radical (unpaired) electrons. The topological polar surface area (TPSA) is 66.8 Å². The van der Waals surface area contributed by atoms with E-state index in [0.717, 1.165) is 0 Å². The molecule has 1 unspecified atom stereocenters. The molecule has 0 bridgehead atoms. The smallest absolute Gasteiger partial charge is 0.330 e. The third-order valence-corrected chi connectivity index (χ3v) is 1.55. The van der Waals surface area contributed by atoms with Crippen molar-refractivity contribution in [3.05, 3.63) is 11.6 Å². The Balaban J connectivity index is 3.73. The van der Waals surface area contributed by atoms with Crippen molar-refractivity contribution in [1.82, 2.24) is 0 Å². The minimum absolute atomic E-state index is 0.246. The zero-order chi connectivity index (χ0) is 10.3. The lowest BCUT2D eigenvalue weighted by Crippen LogP contribution is -2.14. The van der Waals surface area contributed by atoms with Crippen LogP contribution >= 0.6 is 0 Å². The van der Waals surface area contributed by atoms with Gasteiger partial charge in [0, 0.05) is 12.2 Å². The molecule has 1 atom stereocenters. The highest BCUT2D eigenvalue weighted by molar-refractivity contribution is 5.85. The van der Waals surface area contributed by atoms with Crippen LogP contribution in [0.1, 0.15) is 20.3 Å². The molecule has 0 amide bonds. The van der Waals surface area contributed by atoms with E-state index < -0.39 is 12.1 Å². The van der Waals surface area contributed by atoms with Crippen molar-refractivity contribution in [2.75, 3.05) is 13.2 Å². The Morgan fingerprint density at radius 2 is 2.23 bits per heavy atom. The van der Waals surface area contributed by atoms with E-state index in [0.29, 0.717) is 13.0 Å². The van der Waals surface area contributed by atoms with Gasteiger partial charge in [-0.1, -0.05) is 6.08 Å². The maximum atomic E-state index is 10.3. The van der Waals surface area contributed by atoms with Crippen LogP contribution in [-0.4, -0.2) is 35.5 Å². The zero-order valence-electron chi connectivity index (χ0n) is 7.99. The summed E-state index contributed by atoms with van der Waals surface area (Å²) in [5, 5.41) is 17.7. The maximum absolute atomic E-state index is 10.3. The molecule has 0 rings (SSSR count). The molecule has 0 spiro atoms.